The fourth-order valence-corrected chi connectivity index (χ4v) is 1.81. The van der Waals surface area contributed by atoms with Gasteiger partial charge in [-0.05, 0) is 42.0 Å². The molecule has 0 aliphatic heterocycles. The number of hydrogen-bond donors (Lipinski definition) is 1. The molecule has 0 unspecified atom stereocenters. The molecule has 90 valence electrons. The summed E-state index contributed by atoms with van der Waals surface area (Å²) in [6.07, 6.45) is 0. The van der Waals surface area contributed by atoms with Crippen molar-refractivity contribution in [2.24, 2.45) is 0 Å². The maximum atomic E-state index is 9.41. The first-order valence-electron chi connectivity index (χ1n) is 5.68. The highest BCUT2D eigenvalue weighted by atomic mass is 16.3. The zero-order valence-electron chi connectivity index (χ0n) is 10.2. The molecular formula is C15H14N2O. The molecule has 2 aromatic carbocycles. The molecule has 2 aromatic rings. The van der Waals surface area contributed by atoms with Gasteiger partial charge in [0.15, 0.2) is 0 Å². The first-order chi connectivity index (χ1) is 8.69. The number of benzene rings is 2. The van der Waals surface area contributed by atoms with Crippen molar-refractivity contribution in [2.45, 2.75) is 6.54 Å². The van der Waals surface area contributed by atoms with E-state index in [1.807, 2.05) is 31.3 Å². The standard InChI is InChI=1S/C15H14N2O/c1-17(11-13-3-2-4-15(18)9-13)14-7-5-12(10-16)6-8-14/h2-9,18H,11H2,1H3. The number of phenols is 1. The summed E-state index contributed by atoms with van der Waals surface area (Å²) in [5.74, 6) is 0.278. The summed E-state index contributed by atoms with van der Waals surface area (Å²) in [5, 5.41) is 18.2. The van der Waals surface area contributed by atoms with Crippen LogP contribution in [0.3, 0.4) is 0 Å². The van der Waals surface area contributed by atoms with E-state index in [-0.39, 0.29) is 5.75 Å². The molecule has 0 aliphatic rings. The Bertz CT molecular complexity index is 570. The van der Waals surface area contributed by atoms with Crippen molar-refractivity contribution >= 4 is 5.69 Å². The van der Waals surface area contributed by atoms with Crippen molar-refractivity contribution in [3.63, 3.8) is 0 Å². The molecule has 1 N–H and O–H groups in total. The van der Waals surface area contributed by atoms with Gasteiger partial charge >= 0.3 is 0 Å². The fraction of sp³-hybridized carbons (Fsp3) is 0.133. The predicted molar refractivity (Wildman–Crippen MR) is 71.4 cm³/mol. The second-order valence-electron chi connectivity index (χ2n) is 4.18. The van der Waals surface area contributed by atoms with Gasteiger partial charge in [0, 0.05) is 19.3 Å². The van der Waals surface area contributed by atoms with Gasteiger partial charge in [-0.1, -0.05) is 12.1 Å². The summed E-state index contributed by atoms with van der Waals surface area (Å²) in [6.45, 7) is 0.709. The molecule has 0 aliphatic carbocycles. The van der Waals surface area contributed by atoms with Gasteiger partial charge in [-0.2, -0.15) is 5.26 Å². The Labute approximate surface area is 107 Å². The van der Waals surface area contributed by atoms with E-state index in [1.54, 1.807) is 24.3 Å². The quantitative estimate of drug-likeness (QED) is 0.894. The highest BCUT2D eigenvalue weighted by molar-refractivity contribution is 5.49. The highest BCUT2D eigenvalue weighted by Gasteiger charge is 2.02. The van der Waals surface area contributed by atoms with Crippen LogP contribution in [0.2, 0.25) is 0 Å². The Morgan fingerprint density at radius 1 is 1.17 bits per heavy atom. The van der Waals surface area contributed by atoms with Crippen molar-refractivity contribution in [3.05, 3.63) is 59.7 Å². The molecule has 0 radical (unpaired) electrons. The number of nitrogens with zero attached hydrogens (tertiary/aromatic N) is 2. The number of rotatable bonds is 3. The molecule has 0 heterocycles. The Hall–Kier alpha value is -2.47. The van der Waals surface area contributed by atoms with Crippen molar-refractivity contribution in [3.8, 4) is 11.8 Å². The van der Waals surface area contributed by atoms with Crippen LogP contribution in [0, 0.1) is 11.3 Å². The Morgan fingerprint density at radius 2 is 1.89 bits per heavy atom. The summed E-state index contributed by atoms with van der Waals surface area (Å²) in [5.41, 5.74) is 2.74. The van der Waals surface area contributed by atoms with Crippen LogP contribution < -0.4 is 4.90 Å². The third kappa shape index (κ3) is 2.80. The largest absolute Gasteiger partial charge is 0.508 e. The van der Waals surface area contributed by atoms with Crippen LogP contribution in [0.5, 0.6) is 5.75 Å². The molecule has 18 heavy (non-hydrogen) atoms. The lowest BCUT2D eigenvalue weighted by Gasteiger charge is -2.19. The Morgan fingerprint density at radius 3 is 2.50 bits per heavy atom. The molecule has 3 nitrogen and oxygen atoms in total. The minimum atomic E-state index is 0.278. The monoisotopic (exact) mass is 238 g/mol. The minimum Gasteiger partial charge on any atom is -0.508 e. The summed E-state index contributed by atoms with van der Waals surface area (Å²) in [4.78, 5) is 2.07. The van der Waals surface area contributed by atoms with E-state index in [0.717, 1.165) is 11.3 Å². The number of nitriles is 1. The molecule has 0 spiro atoms. The van der Waals surface area contributed by atoms with Crippen molar-refractivity contribution in [1.82, 2.24) is 0 Å². The molecule has 3 heteroatoms. The molecule has 0 atom stereocenters. The Kier molecular flexibility index (Phi) is 3.49. The lowest BCUT2D eigenvalue weighted by Crippen LogP contribution is -2.16. The first kappa shape index (κ1) is 12.0. The van der Waals surface area contributed by atoms with Crippen LogP contribution in [-0.2, 0) is 6.54 Å². The van der Waals surface area contributed by atoms with Gasteiger partial charge < -0.3 is 10.0 Å². The number of anilines is 1. The topological polar surface area (TPSA) is 47.3 Å². The smallest absolute Gasteiger partial charge is 0.115 e. The van der Waals surface area contributed by atoms with Gasteiger partial charge in [0.25, 0.3) is 0 Å². The van der Waals surface area contributed by atoms with Crippen LogP contribution in [0.25, 0.3) is 0 Å². The van der Waals surface area contributed by atoms with E-state index >= 15 is 0 Å². The van der Waals surface area contributed by atoms with Gasteiger partial charge in [-0.3, -0.25) is 0 Å². The fourth-order valence-electron chi connectivity index (χ4n) is 1.81. The van der Waals surface area contributed by atoms with Crippen molar-refractivity contribution in [1.29, 1.82) is 5.26 Å². The molecule has 0 saturated heterocycles. The van der Waals surface area contributed by atoms with Crippen LogP contribution in [-0.4, -0.2) is 12.2 Å². The van der Waals surface area contributed by atoms with Gasteiger partial charge in [0.1, 0.15) is 5.75 Å². The first-order valence-corrected chi connectivity index (χ1v) is 5.68. The third-order valence-corrected chi connectivity index (χ3v) is 2.77. The van der Waals surface area contributed by atoms with Crippen LogP contribution in [0.1, 0.15) is 11.1 Å². The molecule has 0 saturated carbocycles. The van der Waals surface area contributed by atoms with Gasteiger partial charge in [0.2, 0.25) is 0 Å². The normalized spacial score (nSPS) is 9.78. The maximum Gasteiger partial charge on any atom is 0.115 e. The van der Waals surface area contributed by atoms with Gasteiger partial charge in [-0.25, -0.2) is 0 Å². The van der Waals surface area contributed by atoms with E-state index in [9.17, 15) is 5.11 Å². The lowest BCUT2D eigenvalue weighted by molar-refractivity contribution is 0.474. The number of aromatic hydroxyl groups is 1. The number of hydrogen-bond acceptors (Lipinski definition) is 3. The lowest BCUT2D eigenvalue weighted by atomic mass is 10.1. The van der Waals surface area contributed by atoms with E-state index in [4.69, 9.17) is 5.26 Å². The SMILES string of the molecule is CN(Cc1cccc(O)c1)c1ccc(C#N)cc1. The van der Waals surface area contributed by atoms with E-state index in [0.29, 0.717) is 12.1 Å². The minimum absolute atomic E-state index is 0.278. The maximum absolute atomic E-state index is 9.41. The average Bonchev–Trinajstić information content (AvgIpc) is 2.39. The summed E-state index contributed by atoms with van der Waals surface area (Å²) >= 11 is 0. The summed E-state index contributed by atoms with van der Waals surface area (Å²) < 4.78 is 0. The molecular weight excluding hydrogens is 224 g/mol. The van der Waals surface area contributed by atoms with E-state index < -0.39 is 0 Å². The molecule has 0 amide bonds. The second-order valence-corrected chi connectivity index (χ2v) is 4.18. The molecule has 0 fully saturated rings. The molecule has 2 rings (SSSR count). The number of phenolic OH excluding ortho intramolecular Hbond substituents is 1. The highest BCUT2D eigenvalue weighted by Crippen LogP contribution is 2.18. The van der Waals surface area contributed by atoms with Crippen LogP contribution in [0.4, 0.5) is 5.69 Å². The Balaban J connectivity index is 2.12. The van der Waals surface area contributed by atoms with Crippen molar-refractivity contribution in [2.75, 3.05) is 11.9 Å². The van der Waals surface area contributed by atoms with Gasteiger partial charge in [-0.15, -0.1) is 0 Å². The summed E-state index contributed by atoms with van der Waals surface area (Å²) in [7, 11) is 1.98. The van der Waals surface area contributed by atoms with E-state index in [2.05, 4.69) is 11.0 Å². The van der Waals surface area contributed by atoms with Gasteiger partial charge in [0.05, 0.1) is 11.6 Å². The van der Waals surface area contributed by atoms with E-state index in [1.165, 1.54) is 0 Å². The van der Waals surface area contributed by atoms with Crippen LogP contribution >= 0.6 is 0 Å². The second kappa shape index (κ2) is 5.24. The zero-order chi connectivity index (χ0) is 13.0. The third-order valence-electron chi connectivity index (χ3n) is 2.77. The molecule has 0 bridgehead atoms. The molecule has 0 aromatic heterocycles. The summed E-state index contributed by atoms with van der Waals surface area (Å²) in [6, 6.07) is 16.7. The van der Waals surface area contributed by atoms with Crippen molar-refractivity contribution < 1.29 is 5.11 Å². The van der Waals surface area contributed by atoms with Crippen LogP contribution in [0.15, 0.2) is 48.5 Å². The predicted octanol–water partition coefficient (Wildman–Crippen LogP) is 2.90. The average molecular weight is 238 g/mol. The zero-order valence-corrected chi connectivity index (χ0v) is 10.2.